The number of rotatable bonds is 2. The average molecular weight is 322 g/mol. The van der Waals surface area contributed by atoms with Crippen LogP contribution in [-0.2, 0) is 16.9 Å². The highest BCUT2D eigenvalue weighted by Crippen LogP contribution is 2.34. The Balaban J connectivity index is 2.41. The van der Waals surface area contributed by atoms with Crippen LogP contribution in [-0.4, -0.2) is 28.6 Å². The number of nitrogens with two attached hydrogens (primary N) is 1. The minimum Gasteiger partial charge on any atom is -0.389 e. The van der Waals surface area contributed by atoms with Crippen LogP contribution in [0.1, 0.15) is 5.69 Å². The second-order valence-electron chi connectivity index (χ2n) is 4.90. The molecule has 0 aliphatic heterocycles. The molecule has 3 aromatic rings. The van der Waals surface area contributed by atoms with Crippen LogP contribution < -0.4 is 5.73 Å². The van der Waals surface area contributed by atoms with E-state index in [4.69, 9.17) is 5.73 Å². The smallest absolute Gasteiger partial charge is 0.177 e. The number of fused-ring (bicyclic) bond motifs is 1. The van der Waals surface area contributed by atoms with Crippen LogP contribution in [0.3, 0.4) is 0 Å². The van der Waals surface area contributed by atoms with Gasteiger partial charge in [0.1, 0.15) is 16.3 Å². The van der Waals surface area contributed by atoms with Crippen molar-refractivity contribution >= 4 is 37.4 Å². The van der Waals surface area contributed by atoms with Crippen molar-refractivity contribution < 1.29 is 8.42 Å². The third kappa shape index (κ3) is 2.11. The van der Waals surface area contributed by atoms with Crippen LogP contribution in [0.5, 0.6) is 0 Å². The molecule has 0 saturated carbocycles. The van der Waals surface area contributed by atoms with Crippen LogP contribution in [0.2, 0.25) is 0 Å². The molecule has 1 aromatic carbocycles. The molecule has 0 aliphatic carbocycles. The van der Waals surface area contributed by atoms with Crippen molar-refractivity contribution in [2.24, 2.45) is 7.05 Å². The molecular formula is C13H14N4O2S2. The standard InChI is InChI=1S/C13H14N4O2S2/c1-7-10(12(14)20-16-7)13-15-11-8(17(13)2)5-4-6-9(11)21(3,18)19/h4-6H,14H2,1-3H3. The molecule has 2 aromatic heterocycles. The Bertz CT molecular complexity index is 935. The first-order chi connectivity index (χ1) is 9.80. The van der Waals surface area contributed by atoms with Crippen molar-refractivity contribution in [3.05, 3.63) is 23.9 Å². The van der Waals surface area contributed by atoms with E-state index in [0.717, 1.165) is 16.8 Å². The van der Waals surface area contributed by atoms with E-state index < -0.39 is 9.84 Å². The third-order valence-electron chi connectivity index (χ3n) is 3.39. The van der Waals surface area contributed by atoms with E-state index in [1.807, 2.05) is 24.6 Å². The van der Waals surface area contributed by atoms with Gasteiger partial charge >= 0.3 is 0 Å². The van der Waals surface area contributed by atoms with E-state index in [1.54, 1.807) is 12.1 Å². The van der Waals surface area contributed by atoms with Crippen LogP contribution in [0.15, 0.2) is 23.1 Å². The molecule has 6 nitrogen and oxygen atoms in total. The second-order valence-corrected chi connectivity index (χ2v) is 7.69. The Morgan fingerprint density at radius 3 is 2.62 bits per heavy atom. The average Bonchev–Trinajstić information content (AvgIpc) is 2.89. The molecule has 0 fully saturated rings. The lowest BCUT2D eigenvalue weighted by Gasteiger charge is -2.02. The summed E-state index contributed by atoms with van der Waals surface area (Å²) in [5.41, 5.74) is 8.73. The summed E-state index contributed by atoms with van der Waals surface area (Å²) in [6.45, 7) is 1.86. The Hall–Kier alpha value is -1.93. The topological polar surface area (TPSA) is 90.9 Å². The van der Waals surface area contributed by atoms with Gasteiger partial charge in [-0.3, -0.25) is 0 Å². The number of hydrogen-bond acceptors (Lipinski definition) is 6. The van der Waals surface area contributed by atoms with Gasteiger partial charge in [-0.1, -0.05) is 6.07 Å². The Morgan fingerprint density at radius 2 is 2.05 bits per heavy atom. The minimum atomic E-state index is -3.34. The number of anilines is 1. The van der Waals surface area contributed by atoms with Crippen molar-refractivity contribution in [1.29, 1.82) is 0 Å². The summed E-state index contributed by atoms with van der Waals surface area (Å²) in [6, 6.07) is 5.12. The maximum Gasteiger partial charge on any atom is 0.177 e. The largest absolute Gasteiger partial charge is 0.389 e. The van der Waals surface area contributed by atoms with Crippen molar-refractivity contribution in [2.75, 3.05) is 12.0 Å². The predicted molar refractivity (Wildman–Crippen MR) is 84.1 cm³/mol. The van der Waals surface area contributed by atoms with E-state index >= 15 is 0 Å². The number of aryl methyl sites for hydroxylation is 2. The first kappa shape index (κ1) is 14.0. The first-order valence-corrected chi connectivity index (χ1v) is 8.85. The molecule has 0 spiro atoms. The van der Waals surface area contributed by atoms with Gasteiger partial charge in [-0.15, -0.1) is 0 Å². The molecule has 110 valence electrons. The fourth-order valence-electron chi connectivity index (χ4n) is 2.37. The summed E-state index contributed by atoms with van der Waals surface area (Å²) in [4.78, 5) is 4.74. The van der Waals surface area contributed by atoms with Gasteiger partial charge in [-0.05, 0) is 30.6 Å². The molecule has 8 heteroatoms. The Morgan fingerprint density at radius 1 is 1.33 bits per heavy atom. The molecule has 0 unspecified atom stereocenters. The van der Waals surface area contributed by atoms with E-state index in [0.29, 0.717) is 16.3 Å². The van der Waals surface area contributed by atoms with Crippen molar-refractivity contribution in [3.63, 3.8) is 0 Å². The maximum atomic E-state index is 11.9. The summed E-state index contributed by atoms with van der Waals surface area (Å²) in [7, 11) is -1.50. The third-order valence-corrected chi connectivity index (χ3v) is 5.28. The lowest BCUT2D eigenvalue weighted by molar-refractivity contribution is 0.602. The number of nitrogen functional groups attached to an aromatic ring is 1. The lowest BCUT2D eigenvalue weighted by atomic mass is 10.2. The zero-order chi connectivity index (χ0) is 15.4. The van der Waals surface area contributed by atoms with Gasteiger partial charge in [0.25, 0.3) is 0 Å². The van der Waals surface area contributed by atoms with Crippen molar-refractivity contribution in [2.45, 2.75) is 11.8 Å². The van der Waals surface area contributed by atoms with Crippen molar-refractivity contribution in [1.82, 2.24) is 13.9 Å². The molecule has 0 atom stereocenters. The van der Waals surface area contributed by atoms with Gasteiger partial charge in [0.15, 0.2) is 9.84 Å². The van der Waals surface area contributed by atoms with Gasteiger partial charge in [-0.25, -0.2) is 13.4 Å². The van der Waals surface area contributed by atoms with Gasteiger partial charge in [0, 0.05) is 13.3 Å². The Kier molecular flexibility index (Phi) is 3.03. The highest BCUT2D eigenvalue weighted by molar-refractivity contribution is 7.91. The molecule has 21 heavy (non-hydrogen) atoms. The summed E-state index contributed by atoms with van der Waals surface area (Å²) in [5.74, 6) is 0.629. The fourth-order valence-corrected chi connectivity index (χ4v) is 3.85. The molecule has 2 heterocycles. The summed E-state index contributed by atoms with van der Waals surface area (Å²) in [6.07, 6.45) is 1.18. The lowest BCUT2D eigenvalue weighted by Crippen LogP contribution is -1.98. The van der Waals surface area contributed by atoms with Crippen LogP contribution in [0.25, 0.3) is 22.4 Å². The molecular weight excluding hydrogens is 308 g/mol. The first-order valence-electron chi connectivity index (χ1n) is 6.18. The molecule has 0 bridgehead atoms. The van der Waals surface area contributed by atoms with Crippen molar-refractivity contribution in [3.8, 4) is 11.4 Å². The number of hydrogen-bond donors (Lipinski definition) is 1. The molecule has 0 aliphatic rings. The van der Waals surface area contributed by atoms with Gasteiger partial charge in [-0.2, -0.15) is 4.37 Å². The predicted octanol–water partition coefficient (Wildman–Crippen LogP) is 1.99. The van der Waals surface area contributed by atoms with Crippen LogP contribution in [0, 0.1) is 6.92 Å². The van der Waals surface area contributed by atoms with Crippen LogP contribution in [0.4, 0.5) is 5.00 Å². The fraction of sp³-hybridized carbons (Fsp3) is 0.231. The second kappa shape index (κ2) is 4.54. The monoisotopic (exact) mass is 322 g/mol. The summed E-state index contributed by atoms with van der Waals surface area (Å²) in [5, 5.41) is 0.576. The van der Waals surface area contributed by atoms with E-state index in [2.05, 4.69) is 9.36 Å². The number of imidazole rings is 1. The van der Waals surface area contributed by atoms with E-state index in [1.165, 1.54) is 17.8 Å². The normalized spacial score (nSPS) is 12.1. The minimum absolute atomic E-state index is 0.223. The number of benzene rings is 1. The van der Waals surface area contributed by atoms with E-state index in [-0.39, 0.29) is 4.90 Å². The van der Waals surface area contributed by atoms with E-state index in [9.17, 15) is 8.42 Å². The molecule has 2 N–H and O–H groups in total. The molecule has 0 radical (unpaired) electrons. The Labute approximate surface area is 126 Å². The number of nitrogens with zero attached hydrogens (tertiary/aromatic N) is 3. The molecule has 3 rings (SSSR count). The quantitative estimate of drug-likeness (QED) is 0.779. The zero-order valence-electron chi connectivity index (χ0n) is 11.8. The van der Waals surface area contributed by atoms with Gasteiger partial charge < -0.3 is 10.3 Å². The highest BCUT2D eigenvalue weighted by atomic mass is 32.2. The maximum absolute atomic E-state index is 11.9. The van der Waals surface area contributed by atoms with Crippen LogP contribution >= 0.6 is 11.5 Å². The molecule has 0 saturated heterocycles. The number of para-hydroxylation sites is 1. The summed E-state index contributed by atoms with van der Waals surface area (Å²) < 4.78 is 29.9. The van der Waals surface area contributed by atoms with Gasteiger partial charge in [0.2, 0.25) is 0 Å². The molecule has 0 amide bonds. The zero-order valence-corrected chi connectivity index (χ0v) is 13.4. The summed E-state index contributed by atoms with van der Waals surface area (Å²) >= 11 is 1.21. The highest BCUT2D eigenvalue weighted by Gasteiger charge is 2.21. The van der Waals surface area contributed by atoms with Gasteiger partial charge in [0.05, 0.1) is 21.7 Å². The number of aromatic nitrogens is 3. The SMILES string of the molecule is Cc1nsc(N)c1-c1nc2c(S(C)(=O)=O)cccc2n1C. The number of sulfone groups is 1.